The molecule has 33 heavy (non-hydrogen) atoms. The molecular formula is C33H22. The summed E-state index contributed by atoms with van der Waals surface area (Å²) in [6.07, 6.45) is 0. The number of fused-ring (bicyclic) bond motifs is 1. The first-order valence-electron chi connectivity index (χ1n) is 11.5. The van der Waals surface area contributed by atoms with Gasteiger partial charge in [-0.15, -0.1) is 0 Å². The van der Waals surface area contributed by atoms with E-state index in [0.29, 0.717) is 0 Å². The minimum absolute atomic E-state index is 1.27. The lowest BCUT2D eigenvalue weighted by atomic mass is 9.87. The van der Waals surface area contributed by atoms with Crippen LogP contribution in [0.15, 0.2) is 115 Å². The van der Waals surface area contributed by atoms with Crippen LogP contribution in [-0.2, 0) is 0 Å². The number of hydrogen-bond acceptors (Lipinski definition) is 0. The predicted molar refractivity (Wildman–Crippen MR) is 143 cm³/mol. The third-order valence-electron chi connectivity index (χ3n) is 7.09. The molecule has 0 aliphatic rings. The minimum Gasteiger partial charge on any atom is -0.0616 e. The smallest absolute Gasteiger partial charge is 0.00203 e. The van der Waals surface area contributed by atoms with Crippen molar-refractivity contribution in [3.05, 3.63) is 121 Å². The molecule has 0 atom stereocenters. The van der Waals surface area contributed by atoms with Gasteiger partial charge >= 0.3 is 0 Å². The van der Waals surface area contributed by atoms with Gasteiger partial charge in [-0.25, -0.2) is 0 Å². The van der Waals surface area contributed by atoms with Crippen molar-refractivity contribution in [3.8, 4) is 22.3 Å². The summed E-state index contributed by atoms with van der Waals surface area (Å²) in [6.45, 7) is 2.14. The normalized spacial score (nSPS) is 11.8. The van der Waals surface area contributed by atoms with Crippen molar-refractivity contribution in [2.45, 2.75) is 6.92 Å². The van der Waals surface area contributed by atoms with Gasteiger partial charge in [-0.05, 0) is 78.3 Å². The van der Waals surface area contributed by atoms with E-state index in [1.54, 1.807) is 0 Å². The van der Waals surface area contributed by atoms with E-state index in [1.807, 2.05) is 0 Å². The number of hydrogen-bond donors (Lipinski definition) is 0. The number of aryl methyl sites for hydroxylation is 1. The Morgan fingerprint density at radius 2 is 0.909 bits per heavy atom. The molecule has 7 aromatic carbocycles. The molecule has 0 fully saturated rings. The van der Waals surface area contributed by atoms with E-state index in [0.717, 1.165) is 0 Å². The third-order valence-corrected chi connectivity index (χ3v) is 7.09. The van der Waals surface area contributed by atoms with Crippen LogP contribution in [0.25, 0.3) is 65.3 Å². The summed E-state index contributed by atoms with van der Waals surface area (Å²) in [7, 11) is 0. The lowest BCUT2D eigenvalue weighted by Crippen LogP contribution is -1.89. The highest BCUT2D eigenvalue weighted by atomic mass is 14.2. The van der Waals surface area contributed by atoms with Crippen LogP contribution in [-0.4, -0.2) is 0 Å². The van der Waals surface area contributed by atoms with Gasteiger partial charge in [0, 0.05) is 0 Å². The topological polar surface area (TPSA) is 0 Å². The molecule has 0 aliphatic heterocycles. The van der Waals surface area contributed by atoms with Gasteiger partial charge < -0.3 is 0 Å². The van der Waals surface area contributed by atoms with Crippen molar-refractivity contribution in [2.75, 3.05) is 0 Å². The first kappa shape index (κ1) is 18.4. The summed E-state index contributed by atoms with van der Waals surface area (Å²) in [4.78, 5) is 0. The van der Waals surface area contributed by atoms with Gasteiger partial charge in [0.25, 0.3) is 0 Å². The van der Waals surface area contributed by atoms with Gasteiger partial charge in [0.05, 0.1) is 0 Å². The number of rotatable bonds is 2. The quantitative estimate of drug-likeness (QED) is 0.245. The molecule has 7 aromatic rings. The van der Waals surface area contributed by atoms with Crippen molar-refractivity contribution in [3.63, 3.8) is 0 Å². The fourth-order valence-corrected chi connectivity index (χ4v) is 5.39. The summed E-state index contributed by atoms with van der Waals surface area (Å²) in [5, 5.41) is 10.5. The summed E-state index contributed by atoms with van der Waals surface area (Å²) >= 11 is 0. The second kappa shape index (κ2) is 6.92. The standard InChI is InChI=1S/C33H22/c1-21-6-8-23(9-7-21)28-16-12-24-15-19-31-29(17-13-25-14-18-30(28)32(24)33(25)31)27-11-10-22-4-2-3-5-26(22)20-27/h2-20H,1H3. The average molecular weight is 419 g/mol. The Morgan fingerprint density at radius 1 is 0.394 bits per heavy atom. The molecule has 0 radical (unpaired) electrons. The Balaban J connectivity index is 1.55. The Hall–Kier alpha value is -4.16. The van der Waals surface area contributed by atoms with Crippen LogP contribution >= 0.6 is 0 Å². The maximum atomic E-state index is 2.32. The largest absolute Gasteiger partial charge is 0.0616 e. The van der Waals surface area contributed by atoms with E-state index < -0.39 is 0 Å². The molecule has 0 saturated heterocycles. The van der Waals surface area contributed by atoms with E-state index in [-0.39, 0.29) is 0 Å². The second-order valence-corrected chi connectivity index (χ2v) is 9.08. The minimum atomic E-state index is 1.27. The van der Waals surface area contributed by atoms with Crippen LogP contribution in [0, 0.1) is 6.92 Å². The van der Waals surface area contributed by atoms with Crippen LogP contribution in [0.4, 0.5) is 0 Å². The fraction of sp³-hybridized carbons (Fsp3) is 0.0303. The van der Waals surface area contributed by atoms with Crippen molar-refractivity contribution < 1.29 is 0 Å². The Kier molecular flexibility index (Phi) is 3.86. The van der Waals surface area contributed by atoms with Crippen LogP contribution in [0.5, 0.6) is 0 Å². The fourth-order valence-electron chi connectivity index (χ4n) is 5.39. The van der Waals surface area contributed by atoms with Crippen molar-refractivity contribution in [1.29, 1.82) is 0 Å². The monoisotopic (exact) mass is 418 g/mol. The molecule has 154 valence electrons. The van der Waals surface area contributed by atoms with E-state index in [1.165, 1.54) is 70.9 Å². The molecular weight excluding hydrogens is 396 g/mol. The molecule has 0 unspecified atom stereocenters. The summed E-state index contributed by atoms with van der Waals surface area (Å²) in [5.74, 6) is 0. The first-order valence-corrected chi connectivity index (χ1v) is 11.5. The van der Waals surface area contributed by atoms with E-state index in [2.05, 4.69) is 122 Å². The highest BCUT2D eigenvalue weighted by Crippen LogP contribution is 2.42. The summed E-state index contributed by atoms with van der Waals surface area (Å²) < 4.78 is 0. The van der Waals surface area contributed by atoms with Crippen LogP contribution in [0.1, 0.15) is 5.56 Å². The molecule has 0 N–H and O–H groups in total. The zero-order chi connectivity index (χ0) is 21.9. The van der Waals surface area contributed by atoms with E-state index >= 15 is 0 Å². The van der Waals surface area contributed by atoms with Crippen LogP contribution < -0.4 is 0 Å². The van der Waals surface area contributed by atoms with Gasteiger partial charge in [-0.2, -0.15) is 0 Å². The highest BCUT2D eigenvalue weighted by Gasteiger charge is 2.14. The van der Waals surface area contributed by atoms with Crippen LogP contribution in [0.3, 0.4) is 0 Å². The Labute approximate surface area is 193 Å². The zero-order valence-electron chi connectivity index (χ0n) is 18.5. The predicted octanol–water partition coefficient (Wildman–Crippen LogP) is 9.38. The molecule has 0 spiro atoms. The van der Waals surface area contributed by atoms with Gasteiger partial charge in [0.1, 0.15) is 0 Å². The Bertz CT molecular complexity index is 1800. The molecule has 0 amide bonds. The van der Waals surface area contributed by atoms with E-state index in [9.17, 15) is 0 Å². The maximum Gasteiger partial charge on any atom is -0.00203 e. The first-order chi connectivity index (χ1) is 16.3. The lowest BCUT2D eigenvalue weighted by molar-refractivity contribution is 1.47. The molecule has 0 saturated carbocycles. The highest BCUT2D eigenvalue weighted by molar-refractivity contribution is 6.27. The molecule has 0 heteroatoms. The van der Waals surface area contributed by atoms with Gasteiger partial charge in [0.2, 0.25) is 0 Å². The SMILES string of the molecule is Cc1ccc(-c2ccc3ccc4c(-c5ccc6ccccc6c5)ccc5ccc2c3c54)cc1. The molecule has 0 heterocycles. The molecule has 0 aliphatic carbocycles. The second-order valence-electron chi connectivity index (χ2n) is 9.08. The molecule has 0 nitrogen and oxygen atoms in total. The maximum absolute atomic E-state index is 2.32. The number of benzene rings is 7. The summed E-state index contributed by atoms with van der Waals surface area (Å²) in [5.41, 5.74) is 6.42. The molecule has 0 aromatic heterocycles. The zero-order valence-corrected chi connectivity index (χ0v) is 18.5. The van der Waals surface area contributed by atoms with Crippen LogP contribution in [0.2, 0.25) is 0 Å². The Morgan fingerprint density at radius 3 is 1.58 bits per heavy atom. The summed E-state index contributed by atoms with van der Waals surface area (Å²) in [6, 6.07) is 42.6. The van der Waals surface area contributed by atoms with Gasteiger partial charge in [-0.3, -0.25) is 0 Å². The van der Waals surface area contributed by atoms with E-state index in [4.69, 9.17) is 0 Å². The lowest BCUT2D eigenvalue weighted by Gasteiger charge is -2.17. The molecule has 0 bridgehead atoms. The average Bonchev–Trinajstić information content (AvgIpc) is 2.87. The third kappa shape index (κ3) is 2.78. The van der Waals surface area contributed by atoms with Gasteiger partial charge in [0.15, 0.2) is 0 Å². The van der Waals surface area contributed by atoms with Gasteiger partial charge in [-0.1, -0.05) is 115 Å². The van der Waals surface area contributed by atoms with Crippen molar-refractivity contribution in [1.82, 2.24) is 0 Å². The molecule has 7 rings (SSSR count). The van der Waals surface area contributed by atoms with Crippen molar-refractivity contribution in [2.24, 2.45) is 0 Å². The van der Waals surface area contributed by atoms with Crippen molar-refractivity contribution >= 4 is 43.1 Å².